The van der Waals surface area contributed by atoms with Crippen LogP contribution in [0.5, 0.6) is 0 Å². The van der Waals surface area contributed by atoms with Crippen molar-refractivity contribution in [2.75, 3.05) is 18.4 Å². The van der Waals surface area contributed by atoms with Crippen LogP contribution in [0, 0.1) is 22.7 Å². The minimum absolute atomic E-state index is 0.0397. The zero-order valence-corrected chi connectivity index (χ0v) is 13.9. The first-order chi connectivity index (χ1) is 11.4. The highest BCUT2D eigenvalue weighted by atomic mass is 32.2. The molecule has 1 aromatic carbocycles. The Morgan fingerprint density at radius 3 is 2.33 bits per heavy atom. The van der Waals surface area contributed by atoms with Crippen molar-refractivity contribution in [3.8, 4) is 12.1 Å². The number of aromatic nitrogens is 2. The van der Waals surface area contributed by atoms with Gasteiger partial charge < -0.3 is 0 Å². The maximum absolute atomic E-state index is 12.7. The Morgan fingerprint density at radius 1 is 1.12 bits per heavy atom. The first-order valence-corrected chi connectivity index (χ1v) is 8.18. The second-order valence-electron chi connectivity index (χ2n) is 5.00. The second kappa shape index (κ2) is 7.04. The quantitative estimate of drug-likeness (QED) is 0.802. The van der Waals surface area contributed by atoms with E-state index in [1.54, 1.807) is 0 Å². The molecule has 0 saturated heterocycles. The van der Waals surface area contributed by atoms with Gasteiger partial charge in [-0.15, -0.1) is 0 Å². The molecule has 0 spiro atoms. The average Bonchev–Trinajstić information content (AvgIpc) is 2.59. The van der Waals surface area contributed by atoms with Crippen molar-refractivity contribution in [2.45, 2.75) is 6.54 Å². The maximum atomic E-state index is 12.7. The Bertz CT molecular complexity index is 913. The molecule has 1 aromatic heterocycles. The maximum Gasteiger partial charge on any atom is 0.303 e. The van der Waals surface area contributed by atoms with Gasteiger partial charge in [0, 0.05) is 32.1 Å². The lowest BCUT2D eigenvalue weighted by molar-refractivity contribution is 0.515. The van der Waals surface area contributed by atoms with Crippen molar-refractivity contribution >= 4 is 15.9 Å². The van der Waals surface area contributed by atoms with E-state index < -0.39 is 10.2 Å². The Kier molecular flexibility index (Phi) is 5.09. The summed E-state index contributed by atoms with van der Waals surface area (Å²) < 4.78 is 27.5. The minimum Gasteiger partial charge on any atom is -0.252 e. The molecule has 122 valence electrons. The van der Waals surface area contributed by atoms with Gasteiger partial charge in [-0.05, 0) is 18.2 Å². The van der Waals surface area contributed by atoms with E-state index in [4.69, 9.17) is 5.26 Å². The van der Waals surface area contributed by atoms with Crippen LogP contribution in [0.4, 0.5) is 5.69 Å². The van der Waals surface area contributed by atoms with E-state index in [0.29, 0.717) is 5.56 Å². The third kappa shape index (κ3) is 3.49. The lowest BCUT2D eigenvalue weighted by Crippen LogP contribution is -2.40. The van der Waals surface area contributed by atoms with Gasteiger partial charge in [0.1, 0.15) is 12.4 Å². The fourth-order valence-electron chi connectivity index (χ4n) is 1.98. The Morgan fingerprint density at radius 2 is 1.79 bits per heavy atom. The fourth-order valence-corrected chi connectivity index (χ4v) is 3.09. The van der Waals surface area contributed by atoms with E-state index in [0.717, 1.165) is 8.61 Å². The van der Waals surface area contributed by atoms with Crippen molar-refractivity contribution < 1.29 is 8.42 Å². The molecule has 1 heterocycles. The minimum atomic E-state index is -3.87. The highest BCUT2D eigenvalue weighted by Gasteiger charge is 2.27. The number of hydrogen-bond donors (Lipinski definition) is 0. The molecule has 0 saturated carbocycles. The van der Waals surface area contributed by atoms with Crippen LogP contribution >= 0.6 is 0 Å². The molecule has 2 aromatic rings. The molecular formula is C15H14N6O2S. The van der Waals surface area contributed by atoms with Gasteiger partial charge in [-0.1, -0.05) is 0 Å². The van der Waals surface area contributed by atoms with Crippen LogP contribution in [-0.2, 0) is 16.8 Å². The third-order valence-electron chi connectivity index (χ3n) is 3.19. The molecule has 0 radical (unpaired) electrons. The molecule has 0 atom stereocenters. The Hall–Kier alpha value is -3.01. The zero-order valence-electron chi connectivity index (χ0n) is 13.1. The van der Waals surface area contributed by atoms with Gasteiger partial charge in [0.15, 0.2) is 0 Å². The number of hydrogen-bond acceptors (Lipinski definition) is 6. The first-order valence-electron chi connectivity index (χ1n) is 6.78. The summed E-state index contributed by atoms with van der Waals surface area (Å²) in [5, 5.41) is 18.3. The molecule has 2 rings (SSSR count). The topological polar surface area (TPSA) is 114 Å². The average molecular weight is 342 g/mol. The van der Waals surface area contributed by atoms with Gasteiger partial charge in [-0.25, -0.2) is 9.97 Å². The normalized spacial score (nSPS) is 10.9. The number of anilines is 1. The summed E-state index contributed by atoms with van der Waals surface area (Å²) in [5.41, 5.74) is 1.13. The van der Waals surface area contributed by atoms with Gasteiger partial charge >= 0.3 is 10.2 Å². The SMILES string of the molecule is CN(C)S(=O)(=O)N(Cc1cncnc1)c1ccc(C#N)cc1C#N. The molecule has 0 aliphatic heterocycles. The highest BCUT2D eigenvalue weighted by Crippen LogP contribution is 2.26. The summed E-state index contributed by atoms with van der Waals surface area (Å²) in [7, 11) is -1.06. The lowest BCUT2D eigenvalue weighted by atomic mass is 10.1. The van der Waals surface area contributed by atoms with Crippen molar-refractivity contribution in [3.05, 3.63) is 53.6 Å². The van der Waals surface area contributed by atoms with Gasteiger partial charge in [0.25, 0.3) is 0 Å². The molecule has 0 aliphatic rings. The molecule has 0 amide bonds. The van der Waals surface area contributed by atoms with Crippen LogP contribution < -0.4 is 4.31 Å². The van der Waals surface area contributed by atoms with Crippen molar-refractivity contribution in [3.63, 3.8) is 0 Å². The molecule has 24 heavy (non-hydrogen) atoms. The highest BCUT2D eigenvalue weighted by molar-refractivity contribution is 7.90. The van der Waals surface area contributed by atoms with Crippen LogP contribution in [0.15, 0.2) is 36.9 Å². The van der Waals surface area contributed by atoms with Crippen LogP contribution in [0.1, 0.15) is 16.7 Å². The van der Waals surface area contributed by atoms with Crippen LogP contribution in [0.3, 0.4) is 0 Å². The fraction of sp³-hybridized carbons (Fsp3) is 0.200. The number of benzene rings is 1. The molecule has 9 heteroatoms. The second-order valence-corrected chi connectivity index (χ2v) is 7.07. The van der Waals surface area contributed by atoms with Gasteiger partial charge in [-0.3, -0.25) is 4.31 Å². The predicted molar refractivity (Wildman–Crippen MR) is 86.7 cm³/mol. The van der Waals surface area contributed by atoms with E-state index in [1.807, 2.05) is 12.1 Å². The summed E-state index contributed by atoms with van der Waals surface area (Å²) in [5.74, 6) is 0. The number of nitrogens with zero attached hydrogens (tertiary/aromatic N) is 6. The van der Waals surface area contributed by atoms with Gasteiger partial charge in [0.05, 0.1) is 29.4 Å². The standard InChI is InChI=1S/C15H14N6O2S/c1-20(2)24(22,23)21(10-13-8-18-11-19-9-13)15-4-3-12(6-16)5-14(15)7-17/h3-5,8-9,11H,10H2,1-2H3. The van der Waals surface area contributed by atoms with E-state index >= 15 is 0 Å². The van der Waals surface area contributed by atoms with Gasteiger partial charge in [0.2, 0.25) is 0 Å². The molecule has 0 unspecified atom stereocenters. The summed E-state index contributed by atoms with van der Waals surface area (Å²) in [6.07, 6.45) is 4.35. The van der Waals surface area contributed by atoms with Crippen molar-refractivity contribution in [1.82, 2.24) is 14.3 Å². The molecule has 0 bridgehead atoms. The number of rotatable bonds is 5. The Balaban J connectivity index is 2.60. The summed E-state index contributed by atoms with van der Waals surface area (Å²) in [6.45, 7) is -0.0397. The smallest absolute Gasteiger partial charge is 0.252 e. The van der Waals surface area contributed by atoms with Crippen LogP contribution in [0.25, 0.3) is 0 Å². The molecule has 0 fully saturated rings. The van der Waals surface area contributed by atoms with Crippen LogP contribution in [-0.4, -0.2) is 36.8 Å². The number of nitriles is 2. The van der Waals surface area contributed by atoms with Gasteiger partial charge in [-0.2, -0.15) is 23.2 Å². The van der Waals surface area contributed by atoms with Crippen molar-refractivity contribution in [1.29, 1.82) is 10.5 Å². The third-order valence-corrected chi connectivity index (χ3v) is 5.00. The van der Waals surface area contributed by atoms with E-state index in [2.05, 4.69) is 9.97 Å². The summed E-state index contributed by atoms with van der Waals surface area (Å²) in [4.78, 5) is 7.75. The molecule has 8 nitrogen and oxygen atoms in total. The lowest BCUT2D eigenvalue weighted by Gasteiger charge is -2.28. The van der Waals surface area contributed by atoms with E-state index in [-0.39, 0.29) is 23.4 Å². The van der Waals surface area contributed by atoms with Crippen molar-refractivity contribution in [2.24, 2.45) is 0 Å². The van der Waals surface area contributed by atoms with Crippen LogP contribution in [0.2, 0.25) is 0 Å². The summed E-state index contributed by atoms with van der Waals surface area (Å²) >= 11 is 0. The first kappa shape index (κ1) is 17.3. The molecule has 0 N–H and O–H groups in total. The largest absolute Gasteiger partial charge is 0.303 e. The molecular weight excluding hydrogens is 328 g/mol. The zero-order chi connectivity index (χ0) is 17.7. The Labute approximate surface area is 140 Å². The molecule has 0 aliphatic carbocycles. The summed E-state index contributed by atoms with van der Waals surface area (Å²) in [6, 6.07) is 8.14. The predicted octanol–water partition coefficient (Wildman–Crippen LogP) is 1.03. The van der Waals surface area contributed by atoms with E-state index in [1.165, 1.54) is 51.0 Å². The van der Waals surface area contributed by atoms with E-state index in [9.17, 15) is 13.7 Å². The monoisotopic (exact) mass is 342 g/mol.